The summed E-state index contributed by atoms with van der Waals surface area (Å²) >= 11 is 11.5. The molecule has 0 saturated heterocycles. The second kappa shape index (κ2) is 10.1. The first-order valence-electron chi connectivity index (χ1n) is 8.63. The fraction of sp³-hybridized carbons (Fsp3) is 0.300. The highest BCUT2D eigenvalue weighted by atomic mass is 35.5. The van der Waals surface area contributed by atoms with E-state index >= 15 is 0 Å². The molecule has 0 unspecified atom stereocenters. The zero-order valence-electron chi connectivity index (χ0n) is 15.5. The van der Waals surface area contributed by atoms with Gasteiger partial charge < -0.3 is 20.1 Å². The number of carbonyl (C=O) groups excluding carboxylic acids is 1. The third-order valence-corrected chi connectivity index (χ3v) is 4.21. The molecule has 0 aliphatic carbocycles. The Balaban J connectivity index is 1.86. The summed E-state index contributed by atoms with van der Waals surface area (Å²) in [5.41, 5.74) is 2.09. The number of esters is 1. The van der Waals surface area contributed by atoms with Gasteiger partial charge in [-0.2, -0.15) is 0 Å². The molecule has 0 heterocycles. The van der Waals surface area contributed by atoms with Gasteiger partial charge in [-0.25, -0.2) is 4.79 Å². The molecule has 1 atom stereocenters. The van der Waals surface area contributed by atoms with Crippen LogP contribution in [0.2, 0.25) is 5.02 Å². The lowest BCUT2D eigenvalue weighted by atomic mass is 10.2. The maximum absolute atomic E-state index is 11.8. The van der Waals surface area contributed by atoms with Crippen LogP contribution in [0.5, 0.6) is 5.75 Å². The third-order valence-electron chi connectivity index (χ3n) is 3.68. The Hall–Kier alpha value is -2.31. The Morgan fingerprint density at radius 3 is 2.67 bits per heavy atom. The van der Waals surface area contributed by atoms with Gasteiger partial charge in [0.05, 0.1) is 23.2 Å². The molecule has 144 valence electrons. The van der Waals surface area contributed by atoms with Crippen LogP contribution in [0.4, 0.5) is 5.69 Å². The molecule has 0 aliphatic rings. The van der Waals surface area contributed by atoms with E-state index in [2.05, 4.69) is 10.6 Å². The minimum Gasteiger partial charge on any atom is -0.491 e. The van der Waals surface area contributed by atoms with Crippen LogP contribution < -0.4 is 15.4 Å². The Bertz CT molecular complexity index is 814. The number of para-hydroxylation sites is 1. The van der Waals surface area contributed by atoms with Crippen LogP contribution in [-0.2, 0) is 4.74 Å². The van der Waals surface area contributed by atoms with Gasteiger partial charge in [0, 0.05) is 5.69 Å². The number of halogens is 1. The standard InChI is InChI=1S/C20H23ClN2O3S/c1-4-25-19(24)16-10-9-15(11-17(16)21)23-20(27)22-14(3)12-26-18-8-6-5-7-13(18)2/h5-11,14H,4,12H2,1-3H3,(H2,22,23,27)/t14-/m1/s1. The molecule has 2 aromatic carbocycles. The minimum atomic E-state index is -0.447. The van der Waals surface area contributed by atoms with E-state index in [1.807, 2.05) is 38.1 Å². The van der Waals surface area contributed by atoms with Gasteiger partial charge in [0.25, 0.3) is 0 Å². The Kier molecular flexibility index (Phi) is 7.88. The van der Waals surface area contributed by atoms with E-state index in [0.717, 1.165) is 11.3 Å². The van der Waals surface area contributed by atoms with E-state index in [1.54, 1.807) is 25.1 Å². The first kappa shape index (κ1) is 21.0. The number of hydrogen-bond acceptors (Lipinski definition) is 4. The molecule has 5 nitrogen and oxygen atoms in total. The molecule has 0 radical (unpaired) electrons. The number of anilines is 1. The van der Waals surface area contributed by atoms with Crippen molar-refractivity contribution < 1.29 is 14.3 Å². The molecule has 2 rings (SSSR count). The van der Waals surface area contributed by atoms with Gasteiger partial charge in [0.15, 0.2) is 5.11 Å². The number of nitrogens with one attached hydrogen (secondary N) is 2. The molecular weight excluding hydrogens is 384 g/mol. The summed E-state index contributed by atoms with van der Waals surface area (Å²) in [6.45, 7) is 6.49. The van der Waals surface area contributed by atoms with E-state index in [1.165, 1.54) is 0 Å². The highest BCUT2D eigenvalue weighted by Crippen LogP contribution is 2.22. The average molecular weight is 407 g/mol. The second-order valence-corrected chi connectivity index (χ2v) is 6.81. The number of hydrogen-bond donors (Lipinski definition) is 2. The topological polar surface area (TPSA) is 59.6 Å². The number of carbonyl (C=O) groups is 1. The van der Waals surface area contributed by atoms with Crippen molar-refractivity contribution in [3.8, 4) is 5.75 Å². The van der Waals surface area contributed by atoms with Crippen LogP contribution in [0.25, 0.3) is 0 Å². The normalized spacial score (nSPS) is 11.4. The van der Waals surface area contributed by atoms with Crippen LogP contribution in [0, 0.1) is 6.92 Å². The molecular formula is C20H23ClN2O3S. The predicted molar refractivity (Wildman–Crippen MR) is 113 cm³/mol. The first-order chi connectivity index (χ1) is 12.9. The quantitative estimate of drug-likeness (QED) is 0.518. The largest absolute Gasteiger partial charge is 0.491 e. The fourth-order valence-electron chi connectivity index (χ4n) is 2.33. The second-order valence-electron chi connectivity index (χ2n) is 5.99. The highest BCUT2D eigenvalue weighted by Gasteiger charge is 2.12. The molecule has 0 spiro atoms. The van der Waals surface area contributed by atoms with Gasteiger partial charge in [-0.1, -0.05) is 29.8 Å². The van der Waals surface area contributed by atoms with Crippen LogP contribution in [0.1, 0.15) is 29.8 Å². The summed E-state index contributed by atoms with van der Waals surface area (Å²) < 4.78 is 10.8. The lowest BCUT2D eigenvalue weighted by molar-refractivity contribution is 0.0526. The fourth-order valence-corrected chi connectivity index (χ4v) is 2.91. The zero-order chi connectivity index (χ0) is 19.8. The Morgan fingerprint density at radius 1 is 1.26 bits per heavy atom. The number of thiocarbonyl (C=S) groups is 1. The monoisotopic (exact) mass is 406 g/mol. The van der Waals surface area contributed by atoms with Crippen molar-refractivity contribution in [1.29, 1.82) is 0 Å². The van der Waals surface area contributed by atoms with Crippen molar-refractivity contribution in [3.05, 3.63) is 58.6 Å². The van der Waals surface area contributed by atoms with E-state index in [-0.39, 0.29) is 6.04 Å². The average Bonchev–Trinajstić information content (AvgIpc) is 2.61. The maximum Gasteiger partial charge on any atom is 0.339 e. The SMILES string of the molecule is CCOC(=O)c1ccc(NC(=S)N[C@H](C)COc2ccccc2C)cc1Cl. The number of benzene rings is 2. The molecule has 2 aromatic rings. The van der Waals surface area contributed by atoms with Crippen molar-refractivity contribution in [1.82, 2.24) is 5.32 Å². The molecule has 0 aliphatic heterocycles. The van der Waals surface area contributed by atoms with Gasteiger partial charge in [-0.15, -0.1) is 0 Å². The molecule has 0 aromatic heterocycles. The minimum absolute atomic E-state index is 0.00103. The van der Waals surface area contributed by atoms with Crippen molar-refractivity contribution >= 4 is 40.6 Å². The van der Waals surface area contributed by atoms with Gasteiger partial charge in [-0.3, -0.25) is 0 Å². The van der Waals surface area contributed by atoms with Crippen molar-refractivity contribution in [2.75, 3.05) is 18.5 Å². The summed E-state index contributed by atoms with van der Waals surface area (Å²) in [5.74, 6) is 0.406. The summed E-state index contributed by atoms with van der Waals surface area (Å²) in [5, 5.41) is 6.95. The molecule has 7 heteroatoms. The van der Waals surface area contributed by atoms with Crippen LogP contribution in [0.3, 0.4) is 0 Å². The van der Waals surface area contributed by atoms with Crippen LogP contribution >= 0.6 is 23.8 Å². The van der Waals surface area contributed by atoms with Gasteiger partial charge in [0.2, 0.25) is 0 Å². The first-order valence-corrected chi connectivity index (χ1v) is 9.42. The van der Waals surface area contributed by atoms with E-state index < -0.39 is 5.97 Å². The zero-order valence-corrected chi connectivity index (χ0v) is 17.1. The molecule has 0 saturated carbocycles. The number of aryl methyl sites for hydroxylation is 1. The lowest BCUT2D eigenvalue weighted by Crippen LogP contribution is -2.39. The van der Waals surface area contributed by atoms with Crippen LogP contribution in [0.15, 0.2) is 42.5 Å². The molecule has 0 bridgehead atoms. The molecule has 0 fully saturated rings. The van der Waals surface area contributed by atoms with Crippen LogP contribution in [-0.4, -0.2) is 30.3 Å². The molecule has 0 amide bonds. The Morgan fingerprint density at radius 2 is 2.00 bits per heavy atom. The summed E-state index contributed by atoms with van der Waals surface area (Å²) in [6, 6.07) is 12.8. The summed E-state index contributed by atoms with van der Waals surface area (Å²) in [6.07, 6.45) is 0. The molecule has 2 N–H and O–H groups in total. The van der Waals surface area contributed by atoms with Crippen molar-refractivity contribution in [2.24, 2.45) is 0 Å². The highest BCUT2D eigenvalue weighted by molar-refractivity contribution is 7.80. The number of ether oxygens (including phenoxy) is 2. The van der Waals surface area contributed by atoms with Gasteiger partial charge in [-0.05, 0) is 62.8 Å². The van der Waals surface area contributed by atoms with E-state index in [0.29, 0.717) is 34.6 Å². The van der Waals surface area contributed by atoms with Crippen molar-refractivity contribution in [2.45, 2.75) is 26.8 Å². The third kappa shape index (κ3) is 6.41. The van der Waals surface area contributed by atoms with E-state index in [9.17, 15) is 4.79 Å². The lowest BCUT2D eigenvalue weighted by Gasteiger charge is -2.18. The van der Waals surface area contributed by atoms with Gasteiger partial charge >= 0.3 is 5.97 Å². The summed E-state index contributed by atoms with van der Waals surface area (Å²) in [4.78, 5) is 11.8. The predicted octanol–water partition coefficient (Wildman–Crippen LogP) is 4.58. The molecule has 27 heavy (non-hydrogen) atoms. The Labute approximate surface area is 170 Å². The van der Waals surface area contributed by atoms with E-state index in [4.69, 9.17) is 33.3 Å². The summed E-state index contributed by atoms with van der Waals surface area (Å²) in [7, 11) is 0. The number of rotatable bonds is 7. The van der Waals surface area contributed by atoms with Gasteiger partial charge in [0.1, 0.15) is 12.4 Å². The van der Waals surface area contributed by atoms with Crippen molar-refractivity contribution in [3.63, 3.8) is 0 Å². The maximum atomic E-state index is 11.8. The smallest absolute Gasteiger partial charge is 0.339 e.